The Kier molecular flexibility index (Phi) is 4.55. The number of hydrogen-bond acceptors (Lipinski definition) is 3. The molecule has 4 nitrogen and oxygen atoms in total. The minimum atomic E-state index is -0.150. The number of benzene rings is 1. The highest BCUT2D eigenvalue weighted by Gasteiger charge is 2.11. The molecular formula is C15H20N2O2. The number of esters is 1. The van der Waals surface area contributed by atoms with Gasteiger partial charge in [-0.05, 0) is 25.5 Å². The van der Waals surface area contributed by atoms with E-state index in [2.05, 4.69) is 16.5 Å². The monoisotopic (exact) mass is 260 g/mol. The van der Waals surface area contributed by atoms with Crippen molar-refractivity contribution in [2.75, 3.05) is 6.61 Å². The number of carbonyl (C=O) groups is 1. The summed E-state index contributed by atoms with van der Waals surface area (Å²) in [6.07, 6.45) is 2.37. The first-order chi connectivity index (χ1) is 9.26. The summed E-state index contributed by atoms with van der Waals surface area (Å²) in [5, 5.41) is 0. The normalized spacial score (nSPS) is 10.8. The Hall–Kier alpha value is -1.84. The second-order valence-electron chi connectivity index (χ2n) is 4.47. The Labute approximate surface area is 113 Å². The minimum Gasteiger partial charge on any atom is -0.466 e. The van der Waals surface area contributed by atoms with Gasteiger partial charge < -0.3 is 9.30 Å². The van der Waals surface area contributed by atoms with Crippen LogP contribution in [0.25, 0.3) is 11.0 Å². The van der Waals surface area contributed by atoms with Crippen molar-refractivity contribution >= 4 is 17.0 Å². The summed E-state index contributed by atoms with van der Waals surface area (Å²) in [5.74, 6) is 0.899. The van der Waals surface area contributed by atoms with E-state index in [1.807, 2.05) is 31.2 Å². The Bertz CT molecular complexity index is 560. The second-order valence-corrected chi connectivity index (χ2v) is 4.47. The number of hydrogen-bond donors (Lipinski definition) is 0. The number of carbonyl (C=O) groups excluding carboxylic acids is 1. The van der Waals surface area contributed by atoms with Crippen LogP contribution in [0, 0.1) is 0 Å². The molecule has 0 radical (unpaired) electrons. The fraction of sp³-hybridized carbons (Fsp3) is 0.467. The van der Waals surface area contributed by atoms with Crippen molar-refractivity contribution in [1.82, 2.24) is 9.55 Å². The standard InChI is InChI=1S/C15H20N2O2/c1-3-7-14-16-12-8-5-6-9-13(12)17(14)11-10-15(18)19-4-2/h5-6,8-9H,3-4,7,10-11H2,1-2H3. The number of aromatic nitrogens is 2. The summed E-state index contributed by atoms with van der Waals surface area (Å²) in [7, 11) is 0. The van der Waals surface area contributed by atoms with Gasteiger partial charge in [-0.3, -0.25) is 4.79 Å². The first-order valence-electron chi connectivity index (χ1n) is 6.86. The molecule has 0 spiro atoms. The van der Waals surface area contributed by atoms with Crippen molar-refractivity contribution in [2.24, 2.45) is 0 Å². The van der Waals surface area contributed by atoms with Crippen LogP contribution in [-0.2, 0) is 22.5 Å². The molecule has 0 aliphatic carbocycles. The van der Waals surface area contributed by atoms with E-state index in [1.165, 1.54) is 0 Å². The zero-order valence-electron chi connectivity index (χ0n) is 11.6. The molecule has 0 saturated carbocycles. The van der Waals surface area contributed by atoms with Gasteiger partial charge in [0.1, 0.15) is 5.82 Å². The fourth-order valence-corrected chi connectivity index (χ4v) is 2.23. The third-order valence-corrected chi connectivity index (χ3v) is 3.05. The highest BCUT2D eigenvalue weighted by atomic mass is 16.5. The van der Waals surface area contributed by atoms with Gasteiger partial charge in [0.2, 0.25) is 0 Å². The summed E-state index contributed by atoms with van der Waals surface area (Å²) >= 11 is 0. The smallest absolute Gasteiger partial charge is 0.307 e. The van der Waals surface area contributed by atoms with Crippen molar-refractivity contribution in [3.8, 4) is 0 Å². The fourth-order valence-electron chi connectivity index (χ4n) is 2.23. The van der Waals surface area contributed by atoms with Crippen LogP contribution in [-0.4, -0.2) is 22.1 Å². The Morgan fingerprint density at radius 3 is 2.84 bits per heavy atom. The van der Waals surface area contributed by atoms with Crippen LogP contribution in [0.5, 0.6) is 0 Å². The topological polar surface area (TPSA) is 44.1 Å². The van der Waals surface area contributed by atoms with Crippen LogP contribution in [0.3, 0.4) is 0 Å². The molecule has 0 saturated heterocycles. The first kappa shape index (κ1) is 13.6. The van der Waals surface area contributed by atoms with E-state index in [0.717, 1.165) is 29.7 Å². The lowest BCUT2D eigenvalue weighted by Crippen LogP contribution is -2.11. The van der Waals surface area contributed by atoms with Gasteiger partial charge in [-0.2, -0.15) is 0 Å². The molecule has 0 atom stereocenters. The first-order valence-corrected chi connectivity index (χ1v) is 6.86. The quantitative estimate of drug-likeness (QED) is 0.750. The predicted octanol–water partition coefficient (Wildman–Crippen LogP) is 2.94. The third-order valence-electron chi connectivity index (χ3n) is 3.05. The molecule has 0 fully saturated rings. The molecule has 1 aromatic heterocycles. The van der Waals surface area contributed by atoms with Crippen LogP contribution >= 0.6 is 0 Å². The van der Waals surface area contributed by atoms with Crippen LogP contribution in [0.1, 0.15) is 32.5 Å². The predicted molar refractivity (Wildman–Crippen MR) is 75.0 cm³/mol. The van der Waals surface area contributed by atoms with E-state index in [4.69, 9.17) is 4.74 Å². The van der Waals surface area contributed by atoms with Crippen molar-refractivity contribution in [3.63, 3.8) is 0 Å². The average molecular weight is 260 g/mol. The molecule has 2 aromatic rings. The molecule has 0 amide bonds. The molecule has 0 aliphatic heterocycles. The number of rotatable bonds is 6. The molecule has 1 aromatic carbocycles. The number of aryl methyl sites for hydroxylation is 2. The molecule has 0 bridgehead atoms. The third kappa shape index (κ3) is 3.13. The molecule has 102 valence electrons. The van der Waals surface area contributed by atoms with Crippen molar-refractivity contribution in [1.29, 1.82) is 0 Å². The van der Waals surface area contributed by atoms with Crippen LogP contribution in [0.15, 0.2) is 24.3 Å². The van der Waals surface area contributed by atoms with Crippen LogP contribution < -0.4 is 0 Å². The molecule has 1 heterocycles. The zero-order valence-corrected chi connectivity index (χ0v) is 11.6. The zero-order chi connectivity index (χ0) is 13.7. The maximum Gasteiger partial charge on any atom is 0.307 e. The number of imidazole rings is 1. The Balaban J connectivity index is 2.23. The maximum absolute atomic E-state index is 11.5. The molecular weight excluding hydrogens is 240 g/mol. The van der Waals surface area contributed by atoms with E-state index < -0.39 is 0 Å². The summed E-state index contributed by atoms with van der Waals surface area (Å²) < 4.78 is 7.11. The average Bonchev–Trinajstić information content (AvgIpc) is 2.75. The highest BCUT2D eigenvalue weighted by Crippen LogP contribution is 2.17. The van der Waals surface area contributed by atoms with Crippen molar-refractivity contribution in [2.45, 2.75) is 39.7 Å². The molecule has 0 aliphatic rings. The summed E-state index contributed by atoms with van der Waals surface area (Å²) in [5.41, 5.74) is 2.09. The van der Waals surface area contributed by atoms with Crippen molar-refractivity contribution < 1.29 is 9.53 Å². The summed E-state index contributed by atoms with van der Waals surface area (Å²) in [6, 6.07) is 8.04. The number of fused-ring (bicyclic) bond motifs is 1. The lowest BCUT2D eigenvalue weighted by molar-refractivity contribution is -0.143. The second kappa shape index (κ2) is 6.36. The van der Waals surface area contributed by atoms with Gasteiger partial charge >= 0.3 is 5.97 Å². The van der Waals surface area contributed by atoms with Gasteiger partial charge in [0.05, 0.1) is 24.1 Å². The summed E-state index contributed by atoms with van der Waals surface area (Å²) in [6.45, 7) is 5.03. The van der Waals surface area contributed by atoms with Gasteiger partial charge in [-0.25, -0.2) is 4.98 Å². The lowest BCUT2D eigenvalue weighted by Gasteiger charge is -2.08. The van der Waals surface area contributed by atoms with E-state index in [9.17, 15) is 4.79 Å². The molecule has 2 rings (SSSR count). The largest absolute Gasteiger partial charge is 0.466 e. The SMILES string of the molecule is CCCc1nc2ccccc2n1CCC(=O)OCC. The van der Waals surface area contributed by atoms with E-state index >= 15 is 0 Å². The Morgan fingerprint density at radius 2 is 2.11 bits per heavy atom. The van der Waals surface area contributed by atoms with Crippen molar-refractivity contribution in [3.05, 3.63) is 30.1 Å². The molecule has 4 heteroatoms. The highest BCUT2D eigenvalue weighted by molar-refractivity contribution is 5.76. The molecule has 19 heavy (non-hydrogen) atoms. The summed E-state index contributed by atoms with van der Waals surface area (Å²) in [4.78, 5) is 16.1. The van der Waals surface area contributed by atoms with E-state index in [-0.39, 0.29) is 5.97 Å². The van der Waals surface area contributed by atoms with Crippen LogP contribution in [0.2, 0.25) is 0 Å². The van der Waals surface area contributed by atoms with Gasteiger partial charge in [0.25, 0.3) is 0 Å². The Morgan fingerprint density at radius 1 is 1.32 bits per heavy atom. The van der Waals surface area contributed by atoms with Gasteiger partial charge in [-0.15, -0.1) is 0 Å². The molecule has 0 unspecified atom stereocenters. The van der Waals surface area contributed by atoms with E-state index in [0.29, 0.717) is 19.6 Å². The van der Waals surface area contributed by atoms with Gasteiger partial charge in [0.15, 0.2) is 0 Å². The number of nitrogens with zero attached hydrogens (tertiary/aromatic N) is 2. The maximum atomic E-state index is 11.5. The van der Waals surface area contributed by atoms with Gasteiger partial charge in [-0.1, -0.05) is 19.1 Å². The number of ether oxygens (including phenoxy) is 1. The number of para-hydroxylation sites is 2. The lowest BCUT2D eigenvalue weighted by atomic mass is 10.3. The van der Waals surface area contributed by atoms with E-state index in [1.54, 1.807) is 0 Å². The van der Waals surface area contributed by atoms with Crippen LogP contribution in [0.4, 0.5) is 0 Å². The van der Waals surface area contributed by atoms with Gasteiger partial charge in [0, 0.05) is 13.0 Å². The molecule has 0 N–H and O–H groups in total. The minimum absolute atomic E-state index is 0.150.